The maximum absolute atomic E-state index is 12.2. The van der Waals surface area contributed by atoms with Crippen LogP contribution in [0.2, 0.25) is 0 Å². The Hall–Kier alpha value is -2.84. The molecule has 0 fully saturated rings. The largest absolute Gasteiger partial charge is 0.421 e. The first-order valence-corrected chi connectivity index (χ1v) is 10.1. The third kappa shape index (κ3) is 4.29. The van der Waals surface area contributed by atoms with Gasteiger partial charge in [-0.25, -0.2) is 4.98 Å². The van der Waals surface area contributed by atoms with Gasteiger partial charge in [0.05, 0.1) is 10.6 Å². The van der Waals surface area contributed by atoms with Crippen molar-refractivity contribution in [1.29, 1.82) is 0 Å². The van der Waals surface area contributed by atoms with Crippen LogP contribution in [0.15, 0.2) is 51.6 Å². The number of thiazole rings is 1. The van der Waals surface area contributed by atoms with Gasteiger partial charge >= 0.3 is 0 Å². The van der Waals surface area contributed by atoms with E-state index in [1.807, 2.05) is 54.1 Å². The van der Waals surface area contributed by atoms with E-state index in [0.29, 0.717) is 23.3 Å². The molecule has 0 aliphatic rings. The van der Waals surface area contributed by atoms with Crippen LogP contribution in [0.25, 0.3) is 22.0 Å². The topological polar surface area (TPSA) is 80.9 Å². The van der Waals surface area contributed by atoms with Crippen LogP contribution < -0.4 is 5.32 Å². The van der Waals surface area contributed by atoms with Crippen molar-refractivity contribution in [2.75, 3.05) is 5.32 Å². The van der Waals surface area contributed by atoms with Gasteiger partial charge < -0.3 is 9.73 Å². The molecular formula is C19H16N4O2S2. The molecule has 0 unspecified atom stereocenters. The summed E-state index contributed by atoms with van der Waals surface area (Å²) in [5.74, 6) is 0.780. The van der Waals surface area contributed by atoms with E-state index in [1.54, 1.807) is 11.3 Å². The zero-order chi connectivity index (χ0) is 18.6. The summed E-state index contributed by atoms with van der Waals surface area (Å²) in [6.45, 7) is 2.02. The fraction of sp³-hybridized carbons (Fsp3) is 0.158. The lowest BCUT2D eigenvalue weighted by Crippen LogP contribution is -2.12. The Morgan fingerprint density at radius 3 is 2.78 bits per heavy atom. The molecule has 0 saturated carbocycles. The lowest BCUT2D eigenvalue weighted by Gasteiger charge is -1.99. The summed E-state index contributed by atoms with van der Waals surface area (Å²) in [4.78, 5) is 17.7. The lowest BCUT2D eigenvalue weighted by molar-refractivity contribution is -0.116. The highest BCUT2D eigenvalue weighted by Crippen LogP contribution is 2.28. The van der Waals surface area contributed by atoms with Gasteiger partial charge in [0.25, 0.3) is 0 Å². The predicted octanol–water partition coefficient (Wildman–Crippen LogP) is 4.80. The average Bonchev–Trinajstić information content (AvgIpc) is 3.42. The highest BCUT2D eigenvalue weighted by molar-refractivity contribution is 7.16. The standard InChI is InChI=1S/C19H16N4O2S2/c1-12-4-6-13(7-5-12)18-23-22-17(25-18)9-8-16(24)21-19-20-14(11-27-19)15-3-2-10-26-15/h2-7,10-11H,8-9H2,1H3,(H,20,21,24). The van der Waals surface area contributed by atoms with Crippen molar-refractivity contribution in [1.82, 2.24) is 15.2 Å². The van der Waals surface area contributed by atoms with Crippen molar-refractivity contribution in [3.63, 3.8) is 0 Å². The number of carbonyl (C=O) groups is 1. The first-order chi connectivity index (χ1) is 13.2. The van der Waals surface area contributed by atoms with Crippen molar-refractivity contribution in [2.45, 2.75) is 19.8 Å². The van der Waals surface area contributed by atoms with E-state index >= 15 is 0 Å². The number of thiophene rings is 1. The highest BCUT2D eigenvalue weighted by atomic mass is 32.1. The Bertz CT molecular complexity index is 1040. The van der Waals surface area contributed by atoms with Gasteiger partial charge in [-0.1, -0.05) is 23.8 Å². The molecule has 0 bridgehead atoms. The fourth-order valence-electron chi connectivity index (χ4n) is 2.44. The van der Waals surface area contributed by atoms with Crippen LogP contribution >= 0.6 is 22.7 Å². The second kappa shape index (κ2) is 7.81. The van der Waals surface area contributed by atoms with Crippen molar-refractivity contribution in [2.24, 2.45) is 0 Å². The summed E-state index contributed by atoms with van der Waals surface area (Å²) in [7, 11) is 0. The number of nitrogens with one attached hydrogen (secondary N) is 1. The van der Waals surface area contributed by atoms with E-state index in [2.05, 4.69) is 20.5 Å². The molecule has 136 valence electrons. The summed E-state index contributed by atoms with van der Waals surface area (Å²) in [6, 6.07) is 11.8. The minimum atomic E-state index is -0.128. The van der Waals surface area contributed by atoms with E-state index in [9.17, 15) is 4.79 Å². The Kier molecular flexibility index (Phi) is 5.08. The van der Waals surface area contributed by atoms with Gasteiger partial charge in [0.15, 0.2) is 5.13 Å². The monoisotopic (exact) mass is 396 g/mol. The third-order valence-electron chi connectivity index (χ3n) is 3.86. The molecule has 4 rings (SSSR count). The summed E-state index contributed by atoms with van der Waals surface area (Å²) < 4.78 is 5.65. The molecule has 1 N–H and O–H groups in total. The maximum atomic E-state index is 12.2. The summed E-state index contributed by atoms with van der Waals surface area (Å²) >= 11 is 3.03. The lowest BCUT2D eigenvalue weighted by atomic mass is 10.1. The number of aromatic nitrogens is 3. The molecule has 8 heteroatoms. The molecule has 0 saturated heterocycles. The molecule has 4 aromatic rings. The molecule has 1 amide bonds. The summed E-state index contributed by atoms with van der Waals surface area (Å²) in [5, 5.41) is 15.4. The Morgan fingerprint density at radius 1 is 1.15 bits per heavy atom. The number of rotatable bonds is 6. The smallest absolute Gasteiger partial charge is 0.247 e. The second-order valence-corrected chi connectivity index (χ2v) is 7.74. The summed E-state index contributed by atoms with van der Waals surface area (Å²) in [5.41, 5.74) is 2.91. The molecule has 3 heterocycles. The minimum Gasteiger partial charge on any atom is -0.421 e. The van der Waals surface area contributed by atoms with Gasteiger partial charge in [-0.15, -0.1) is 32.9 Å². The second-order valence-electron chi connectivity index (χ2n) is 5.93. The zero-order valence-corrected chi connectivity index (χ0v) is 16.1. The molecule has 3 aromatic heterocycles. The van der Waals surface area contributed by atoms with E-state index in [-0.39, 0.29) is 12.3 Å². The molecule has 1 aromatic carbocycles. The van der Waals surface area contributed by atoms with E-state index in [4.69, 9.17) is 4.42 Å². The van der Waals surface area contributed by atoms with Gasteiger partial charge in [0, 0.05) is 23.8 Å². The summed E-state index contributed by atoms with van der Waals surface area (Å²) in [6.07, 6.45) is 0.636. The number of aryl methyl sites for hydroxylation is 2. The van der Waals surface area contributed by atoms with Crippen molar-refractivity contribution < 1.29 is 9.21 Å². The average molecular weight is 396 g/mol. The molecule has 0 atom stereocenters. The van der Waals surface area contributed by atoms with E-state index < -0.39 is 0 Å². The number of anilines is 1. The minimum absolute atomic E-state index is 0.128. The van der Waals surface area contributed by atoms with E-state index in [0.717, 1.165) is 16.1 Å². The van der Waals surface area contributed by atoms with E-state index in [1.165, 1.54) is 16.9 Å². The van der Waals surface area contributed by atoms with Gasteiger partial charge in [0.1, 0.15) is 0 Å². The van der Waals surface area contributed by atoms with Gasteiger partial charge in [0.2, 0.25) is 17.7 Å². The molecular weight excluding hydrogens is 380 g/mol. The first kappa shape index (κ1) is 17.6. The van der Waals surface area contributed by atoms with Crippen LogP contribution in [0, 0.1) is 6.92 Å². The predicted molar refractivity (Wildman–Crippen MR) is 107 cm³/mol. The van der Waals surface area contributed by atoms with Crippen molar-refractivity contribution in [3.05, 3.63) is 58.6 Å². The van der Waals surface area contributed by atoms with Crippen LogP contribution in [-0.2, 0) is 11.2 Å². The van der Waals surface area contributed by atoms with Crippen LogP contribution in [-0.4, -0.2) is 21.1 Å². The number of carbonyl (C=O) groups excluding carboxylic acids is 1. The quantitative estimate of drug-likeness (QED) is 0.506. The molecule has 27 heavy (non-hydrogen) atoms. The molecule has 0 radical (unpaired) electrons. The highest BCUT2D eigenvalue weighted by Gasteiger charge is 2.12. The number of benzene rings is 1. The molecule has 0 spiro atoms. The number of hydrogen-bond donors (Lipinski definition) is 1. The normalized spacial score (nSPS) is 10.9. The molecule has 6 nitrogen and oxygen atoms in total. The van der Waals surface area contributed by atoms with Crippen LogP contribution in [0.3, 0.4) is 0 Å². The fourth-order valence-corrected chi connectivity index (χ4v) is 3.93. The Morgan fingerprint density at radius 2 is 2.00 bits per heavy atom. The molecule has 0 aliphatic carbocycles. The van der Waals surface area contributed by atoms with Gasteiger partial charge in [-0.3, -0.25) is 4.79 Å². The Labute approximate surface area is 163 Å². The Balaban J connectivity index is 1.32. The van der Waals surface area contributed by atoms with Crippen molar-refractivity contribution in [3.8, 4) is 22.0 Å². The maximum Gasteiger partial charge on any atom is 0.247 e. The first-order valence-electron chi connectivity index (χ1n) is 8.36. The SMILES string of the molecule is Cc1ccc(-c2nnc(CCC(=O)Nc3nc(-c4cccs4)cs3)o2)cc1. The number of nitrogens with zero attached hydrogens (tertiary/aromatic N) is 3. The number of hydrogen-bond acceptors (Lipinski definition) is 7. The van der Waals surface area contributed by atoms with Crippen LogP contribution in [0.4, 0.5) is 5.13 Å². The van der Waals surface area contributed by atoms with Crippen LogP contribution in [0.5, 0.6) is 0 Å². The van der Waals surface area contributed by atoms with Crippen molar-refractivity contribution >= 4 is 33.7 Å². The number of amides is 1. The zero-order valence-electron chi connectivity index (χ0n) is 14.5. The van der Waals surface area contributed by atoms with Gasteiger partial charge in [-0.05, 0) is 30.5 Å². The third-order valence-corrected chi connectivity index (χ3v) is 5.51. The van der Waals surface area contributed by atoms with Crippen LogP contribution in [0.1, 0.15) is 17.9 Å². The van der Waals surface area contributed by atoms with Gasteiger partial charge in [-0.2, -0.15) is 0 Å². The molecule has 0 aliphatic heterocycles.